The molecule has 0 spiro atoms. The zero-order valence-electron chi connectivity index (χ0n) is 14.0. The Morgan fingerprint density at radius 1 is 1.19 bits per heavy atom. The van der Waals surface area contributed by atoms with Crippen molar-refractivity contribution in [2.45, 2.75) is 65.9 Å². The van der Waals surface area contributed by atoms with Crippen LogP contribution in [0.25, 0.3) is 0 Å². The summed E-state index contributed by atoms with van der Waals surface area (Å²) in [6, 6.07) is 1.75. The van der Waals surface area contributed by atoms with Gasteiger partial charge in [-0.05, 0) is 30.6 Å². The van der Waals surface area contributed by atoms with E-state index in [2.05, 4.69) is 44.6 Å². The van der Waals surface area contributed by atoms with E-state index >= 15 is 0 Å². The Morgan fingerprint density at radius 2 is 1.90 bits per heavy atom. The van der Waals surface area contributed by atoms with Gasteiger partial charge in [0, 0.05) is 12.0 Å². The Bertz CT molecular complexity index is 473. The molecule has 4 heteroatoms. The van der Waals surface area contributed by atoms with Crippen molar-refractivity contribution in [3.63, 3.8) is 0 Å². The van der Waals surface area contributed by atoms with Crippen molar-refractivity contribution in [1.29, 1.82) is 0 Å². The molecule has 1 heterocycles. The molecular formula is C17H29N3O. The number of anilines is 1. The molecule has 1 saturated carbocycles. The third-order valence-electron chi connectivity index (χ3n) is 4.49. The van der Waals surface area contributed by atoms with E-state index in [1.54, 1.807) is 6.07 Å². The first kappa shape index (κ1) is 16.1. The summed E-state index contributed by atoms with van der Waals surface area (Å²) in [7, 11) is 0. The van der Waals surface area contributed by atoms with Crippen LogP contribution in [0.15, 0.2) is 6.07 Å². The Morgan fingerprint density at radius 3 is 2.52 bits per heavy atom. The fraction of sp³-hybridized carbons (Fsp3) is 0.765. The number of aromatic nitrogens is 2. The molecule has 0 radical (unpaired) electrons. The van der Waals surface area contributed by atoms with Crippen molar-refractivity contribution < 1.29 is 4.74 Å². The van der Waals surface area contributed by atoms with Gasteiger partial charge in [-0.25, -0.2) is 4.98 Å². The molecule has 2 rings (SSSR count). The van der Waals surface area contributed by atoms with Crippen LogP contribution in [0.1, 0.15) is 65.6 Å². The van der Waals surface area contributed by atoms with Crippen LogP contribution in [-0.4, -0.2) is 16.1 Å². The summed E-state index contributed by atoms with van der Waals surface area (Å²) in [5, 5.41) is 0. The lowest BCUT2D eigenvalue weighted by Gasteiger charge is -2.37. The summed E-state index contributed by atoms with van der Waals surface area (Å²) in [6.07, 6.45) is 3.87. The predicted octanol–water partition coefficient (Wildman–Crippen LogP) is 4.02. The topological polar surface area (TPSA) is 61.0 Å². The molecule has 1 aromatic rings. The average molecular weight is 291 g/mol. The first-order valence-corrected chi connectivity index (χ1v) is 8.18. The molecule has 1 aliphatic rings. The summed E-state index contributed by atoms with van der Waals surface area (Å²) in [5.74, 6) is 4.08. The van der Waals surface area contributed by atoms with Gasteiger partial charge in [0.15, 0.2) is 0 Å². The molecular weight excluding hydrogens is 262 g/mol. The van der Waals surface area contributed by atoms with Gasteiger partial charge in [-0.2, -0.15) is 4.98 Å². The quantitative estimate of drug-likeness (QED) is 0.910. The minimum Gasteiger partial charge on any atom is -0.474 e. The number of nitrogen functional groups attached to an aromatic ring is 1. The van der Waals surface area contributed by atoms with E-state index in [-0.39, 0.29) is 12.0 Å². The largest absolute Gasteiger partial charge is 0.474 e. The van der Waals surface area contributed by atoms with Crippen LogP contribution in [0.4, 0.5) is 5.82 Å². The Labute approximate surface area is 128 Å². The number of hydrogen-bond acceptors (Lipinski definition) is 4. The number of ether oxygens (including phenoxy) is 1. The van der Waals surface area contributed by atoms with Crippen molar-refractivity contribution in [2.24, 2.45) is 17.8 Å². The molecule has 1 aliphatic carbocycles. The lowest BCUT2D eigenvalue weighted by atomic mass is 9.75. The minimum atomic E-state index is 0.239. The maximum atomic E-state index is 6.24. The van der Waals surface area contributed by atoms with E-state index < -0.39 is 0 Å². The fourth-order valence-electron chi connectivity index (χ4n) is 3.19. The van der Waals surface area contributed by atoms with E-state index in [4.69, 9.17) is 10.5 Å². The third-order valence-corrected chi connectivity index (χ3v) is 4.49. The van der Waals surface area contributed by atoms with Crippen LogP contribution in [0.2, 0.25) is 0 Å². The lowest BCUT2D eigenvalue weighted by Crippen LogP contribution is -2.36. The van der Waals surface area contributed by atoms with Crippen molar-refractivity contribution in [3.8, 4) is 5.88 Å². The second-order valence-electron chi connectivity index (χ2n) is 7.13. The number of nitrogens with two attached hydrogens (primary N) is 1. The minimum absolute atomic E-state index is 0.239. The highest BCUT2D eigenvalue weighted by molar-refractivity contribution is 5.33. The summed E-state index contributed by atoms with van der Waals surface area (Å²) >= 11 is 0. The first-order valence-electron chi connectivity index (χ1n) is 8.18. The fourth-order valence-corrected chi connectivity index (χ4v) is 3.19. The van der Waals surface area contributed by atoms with E-state index in [0.717, 1.165) is 12.2 Å². The average Bonchev–Trinajstić information content (AvgIpc) is 2.37. The van der Waals surface area contributed by atoms with Gasteiger partial charge < -0.3 is 10.5 Å². The normalized spacial score (nSPS) is 26.3. The molecule has 3 unspecified atom stereocenters. The number of nitrogens with zero attached hydrogens (tertiary/aromatic N) is 2. The molecule has 21 heavy (non-hydrogen) atoms. The molecule has 3 atom stereocenters. The molecule has 0 saturated heterocycles. The summed E-state index contributed by atoms with van der Waals surface area (Å²) in [4.78, 5) is 8.81. The van der Waals surface area contributed by atoms with Gasteiger partial charge in [-0.3, -0.25) is 0 Å². The second kappa shape index (κ2) is 6.63. The monoisotopic (exact) mass is 291 g/mol. The van der Waals surface area contributed by atoms with E-state index in [9.17, 15) is 0 Å². The number of hydrogen-bond donors (Lipinski definition) is 1. The molecule has 1 fully saturated rings. The molecule has 0 bridgehead atoms. The molecule has 0 aliphatic heterocycles. The first-order chi connectivity index (χ1) is 9.86. The predicted molar refractivity (Wildman–Crippen MR) is 86.3 cm³/mol. The molecule has 0 amide bonds. The van der Waals surface area contributed by atoms with Gasteiger partial charge in [-0.1, -0.05) is 41.0 Å². The highest BCUT2D eigenvalue weighted by atomic mass is 16.5. The van der Waals surface area contributed by atoms with Gasteiger partial charge in [0.1, 0.15) is 17.7 Å². The maximum absolute atomic E-state index is 6.24. The van der Waals surface area contributed by atoms with Gasteiger partial charge in [-0.15, -0.1) is 0 Å². The third kappa shape index (κ3) is 4.08. The van der Waals surface area contributed by atoms with Crippen LogP contribution in [0.5, 0.6) is 5.88 Å². The Kier molecular flexibility index (Phi) is 5.07. The Balaban J connectivity index is 2.18. The molecule has 4 nitrogen and oxygen atoms in total. The SMILES string of the molecule is CC1CCC(C(C)C)C(Oc2cc(N)nc(C(C)C)n2)C1. The molecule has 118 valence electrons. The molecule has 1 aromatic heterocycles. The standard InChI is InChI=1S/C17H29N3O/c1-10(2)13-7-6-12(5)8-14(13)21-16-9-15(18)19-17(20-16)11(3)4/h9-14H,6-8H2,1-5H3,(H2,18,19,20). The zero-order valence-corrected chi connectivity index (χ0v) is 14.0. The van der Waals surface area contributed by atoms with Gasteiger partial charge in [0.05, 0.1) is 0 Å². The van der Waals surface area contributed by atoms with E-state index in [1.165, 1.54) is 12.8 Å². The van der Waals surface area contributed by atoms with Crippen molar-refractivity contribution >= 4 is 5.82 Å². The smallest absolute Gasteiger partial charge is 0.219 e. The molecule has 2 N–H and O–H groups in total. The maximum Gasteiger partial charge on any atom is 0.219 e. The lowest BCUT2D eigenvalue weighted by molar-refractivity contribution is 0.0424. The van der Waals surface area contributed by atoms with Gasteiger partial charge in [0.25, 0.3) is 0 Å². The summed E-state index contributed by atoms with van der Waals surface area (Å²) < 4.78 is 6.24. The summed E-state index contributed by atoms with van der Waals surface area (Å²) in [6.45, 7) is 11.0. The number of rotatable bonds is 4. The van der Waals surface area contributed by atoms with E-state index in [1.807, 2.05) is 0 Å². The van der Waals surface area contributed by atoms with E-state index in [0.29, 0.717) is 29.5 Å². The zero-order chi connectivity index (χ0) is 15.6. The highest BCUT2D eigenvalue weighted by Crippen LogP contribution is 2.35. The van der Waals surface area contributed by atoms with Gasteiger partial charge in [0.2, 0.25) is 5.88 Å². The molecule has 0 aromatic carbocycles. The van der Waals surface area contributed by atoms with Crippen LogP contribution >= 0.6 is 0 Å². The second-order valence-corrected chi connectivity index (χ2v) is 7.13. The van der Waals surface area contributed by atoms with Crippen LogP contribution < -0.4 is 10.5 Å². The van der Waals surface area contributed by atoms with Crippen LogP contribution in [-0.2, 0) is 0 Å². The summed E-state index contributed by atoms with van der Waals surface area (Å²) in [5.41, 5.74) is 5.89. The van der Waals surface area contributed by atoms with Crippen LogP contribution in [0, 0.1) is 17.8 Å². The van der Waals surface area contributed by atoms with Gasteiger partial charge >= 0.3 is 0 Å². The highest BCUT2D eigenvalue weighted by Gasteiger charge is 2.32. The van der Waals surface area contributed by atoms with Crippen molar-refractivity contribution in [1.82, 2.24) is 9.97 Å². The Hall–Kier alpha value is -1.32. The van der Waals surface area contributed by atoms with Crippen molar-refractivity contribution in [3.05, 3.63) is 11.9 Å². The van der Waals surface area contributed by atoms with Crippen molar-refractivity contribution in [2.75, 3.05) is 5.73 Å². The van der Waals surface area contributed by atoms with Crippen LogP contribution in [0.3, 0.4) is 0 Å².